The number of amides is 2. The Balaban J connectivity index is 1.99. The zero-order chi connectivity index (χ0) is 22.3. The maximum Gasteiger partial charge on any atom is 0.259 e. The summed E-state index contributed by atoms with van der Waals surface area (Å²) in [6.45, 7) is 12.5. The van der Waals surface area contributed by atoms with Crippen LogP contribution >= 0.6 is 11.3 Å². The highest BCUT2D eigenvalue weighted by atomic mass is 32.1. The largest absolute Gasteiger partial charge is 0.347 e. The predicted octanol–water partition coefficient (Wildman–Crippen LogP) is 5.82. The molecule has 0 saturated carbocycles. The third kappa shape index (κ3) is 4.91. The van der Waals surface area contributed by atoms with Crippen LogP contribution < -0.4 is 10.6 Å². The van der Waals surface area contributed by atoms with Gasteiger partial charge in [0.15, 0.2) is 0 Å². The SMILES string of the molecule is CC(C)(C)NC(=O)c1c(NC(=O)c2ccccc2F)sc2c1CC[C@H](C(C)(C)C)C2. The normalized spacial score (nSPS) is 16.7. The van der Waals surface area contributed by atoms with Gasteiger partial charge in [-0.2, -0.15) is 0 Å². The van der Waals surface area contributed by atoms with Crippen LogP contribution in [0.1, 0.15) is 79.1 Å². The Hall–Kier alpha value is -2.21. The van der Waals surface area contributed by atoms with E-state index in [2.05, 4.69) is 31.4 Å². The summed E-state index contributed by atoms with van der Waals surface area (Å²) in [5.74, 6) is -0.802. The number of thiophene rings is 1. The lowest BCUT2D eigenvalue weighted by molar-refractivity contribution is 0.0919. The standard InChI is InChI=1S/C24H31FN2O2S/c1-23(2,3)14-11-12-16-18(13-14)30-22(19(16)21(29)27-24(4,5)6)26-20(28)15-9-7-8-10-17(15)25/h7-10,14H,11-13H2,1-6H3,(H,26,28)(H,27,29)/t14-/m0/s1. The highest BCUT2D eigenvalue weighted by molar-refractivity contribution is 7.17. The zero-order valence-corrected chi connectivity index (χ0v) is 19.4. The van der Waals surface area contributed by atoms with Crippen LogP contribution in [0.2, 0.25) is 0 Å². The molecule has 0 radical (unpaired) electrons. The molecule has 1 aromatic heterocycles. The summed E-state index contributed by atoms with van der Waals surface area (Å²) in [7, 11) is 0. The third-order valence-corrected chi connectivity index (χ3v) is 6.72. The number of carbonyl (C=O) groups is 2. The second-order valence-electron chi connectivity index (χ2n) is 10.2. The summed E-state index contributed by atoms with van der Waals surface area (Å²) < 4.78 is 14.1. The minimum atomic E-state index is -0.579. The summed E-state index contributed by atoms with van der Waals surface area (Å²) in [6, 6.07) is 5.88. The number of halogens is 1. The second kappa shape index (κ2) is 8.14. The fourth-order valence-electron chi connectivity index (χ4n) is 3.87. The molecule has 0 unspecified atom stereocenters. The number of hydrogen-bond acceptors (Lipinski definition) is 3. The summed E-state index contributed by atoms with van der Waals surface area (Å²) >= 11 is 1.45. The monoisotopic (exact) mass is 430 g/mol. The van der Waals surface area contributed by atoms with E-state index in [0.717, 1.165) is 29.7 Å². The Morgan fingerprint density at radius 1 is 1.07 bits per heavy atom. The number of anilines is 1. The molecular weight excluding hydrogens is 399 g/mol. The number of hydrogen-bond donors (Lipinski definition) is 2. The van der Waals surface area contributed by atoms with Crippen molar-refractivity contribution in [3.8, 4) is 0 Å². The van der Waals surface area contributed by atoms with Gasteiger partial charge in [-0.1, -0.05) is 32.9 Å². The molecule has 2 amide bonds. The van der Waals surface area contributed by atoms with Crippen molar-refractivity contribution in [2.75, 3.05) is 5.32 Å². The van der Waals surface area contributed by atoms with Crippen LogP contribution in [-0.4, -0.2) is 17.4 Å². The maximum absolute atomic E-state index is 14.1. The van der Waals surface area contributed by atoms with Crippen LogP contribution in [0.3, 0.4) is 0 Å². The van der Waals surface area contributed by atoms with Crippen LogP contribution in [0, 0.1) is 17.2 Å². The molecule has 0 saturated heterocycles. The van der Waals surface area contributed by atoms with E-state index in [9.17, 15) is 14.0 Å². The van der Waals surface area contributed by atoms with Crippen LogP contribution in [0.25, 0.3) is 0 Å². The van der Waals surface area contributed by atoms with Gasteiger partial charge in [0, 0.05) is 10.4 Å². The Bertz CT molecular complexity index is 967. The molecule has 3 rings (SSSR count). The third-order valence-electron chi connectivity index (χ3n) is 5.55. The van der Waals surface area contributed by atoms with Gasteiger partial charge in [0.25, 0.3) is 11.8 Å². The molecule has 0 fully saturated rings. The van der Waals surface area contributed by atoms with Gasteiger partial charge in [0.05, 0.1) is 11.1 Å². The van der Waals surface area contributed by atoms with Gasteiger partial charge >= 0.3 is 0 Å². The molecule has 1 aliphatic rings. The Kier molecular flexibility index (Phi) is 6.10. The van der Waals surface area contributed by atoms with E-state index in [1.54, 1.807) is 12.1 Å². The van der Waals surface area contributed by atoms with Crippen molar-refractivity contribution >= 4 is 28.2 Å². The quantitative estimate of drug-likeness (QED) is 0.645. The van der Waals surface area contributed by atoms with Crippen molar-refractivity contribution in [3.63, 3.8) is 0 Å². The first-order valence-corrected chi connectivity index (χ1v) is 11.2. The Labute approximate surface area is 182 Å². The van der Waals surface area contributed by atoms with Gasteiger partial charge in [-0.3, -0.25) is 9.59 Å². The molecule has 0 aliphatic heterocycles. The highest BCUT2D eigenvalue weighted by Crippen LogP contribution is 2.44. The molecule has 30 heavy (non-hydrogen) atoms. The molecule has 1 aromatic carbocycles. The minimum absolute atomic E-state index is 0.0291. The van der Waals surface area contributed by atoms with Crippen molar-refractivity contribution in [2.45, 2.75) is 66.3 Å². The van der Waals surface area contributed by atoms with Crippen molar-refractivity contribution < 1.29 is 14.0 Å². The summed E-state index contributed by atoms with van der Waals surface area (Å²) in [4.78, 5) is 27.0. The number of carbonyl (C=O) groups excluding carboxylic acids is 2. The van der Waals surface area contributed by atoms with Crippen molar-refractivity contribution in [3.05, 3.63) is 51.7 Å². The predicted molar refractivity (Wildman–Crippen MR) is 121 cm³/mol. The second-order valence-corrected chi connectivity index (χ2v) is 11.3. The average Bonchev–Trinajstić information content (AvgIpc) is 2.96. The van der Waals surface area contributed by atoms with Gasteiger partial charge in [-0.25, -0.2) is 4.39 Å². The molecule has 1 atom stereocenters. The topological polar surface area (TPSA) is 58.2 Å². The Morgan fingerprint density at radius 3 is 2.33 bits per heavy atom. The molecule has 1 aliphatic carbocycles. The van der Waals surface area contributed by atoms with E-state index >= 15 is 0 Å². The number of rotatable bonds is 3. The first-order valence-electron chi connectivity index (χ1n) is 10.4. The first-order chi connectivity index (χ1) is 13.9. The zero-order valence-electron chi connectivity index (χ0n) is 18.6. The average molecular weight is 431 g/mol. The van der Waals surface area contributed by atoms with Crippen molar-refractivity contribution in [1.29, 1.82) is 0 Å². The van der Waals surface area contributed by atoms with Crippen LogP contribution in [0.5, 0.6) is 0 Å². The molecule has 4 nitrogen and oxygen atoms in total. The summed E-state index contributed by atoms with van der Waals surface area (Å²) in [6.07, 6.45) is 2.69. The molecule has 6 heteroatoms. The van der Waals surface area contributed by atoms with Crippen LogP contribution in [0.15, 0.2) is 24.3 Å². The molecule has 1 heterocycles. The number of fused-ring (bicyclic) bond motifs is 1. The van der Waals surface area contributed by atoms with Crippen molar-refractivity contribution in [1.82, 2.24) is 5.32 Å². The molecule has 2 N–H and O–H groups in total. The summed E-state index contributed by atoms with van der Waals surface area (Å²) in [5.41, 5.74) is 1.29. The van der Waals surface area contributed by atoms with Gasteiger partial charge < -0.3 is 10.6 Å². The molecule has 162 valence electrons. The van der Waals surface area contributed by atoms with E-state index in [0.29, 0.717) is 16.5 Å². The van der Waals surface area contributed by atoms with Crippen LogP contribution in [-0.2, 0) is 12.8 Å². The maximum atomic E-state index is 14.1. The fourth-order valence-corrected chi connectivity index (χ4v) is 5.19. The lowest BCUT2D eigenvalue weighted by Crippen LogP contribution is -2.41. The minimum Gasteiger partial charge on any atom is -0.347 e. The fraction of sp³-hybridized carbons (Fsp3) is 0.500. The smallest absolute Gasteiger partial charge is 0.259 e. The van der Waals surface area contributed by atoms with E-state index in [1.165, 1.54) is 23.5 Å². The van der Waals surface area contributed by atoms with E-state index in [1.807, 2.05) is 20.8 Å². The lowest BCUT2D eigenvalue weighted by Gasteiger charge is -2.34. The highest BCUT2D eigenvalue weighted by Gasteiger charge is 2.34. The first kappa shape index (κ1) is 22.5. The summed E-state index contributed by atoms with van der Waals surface area (Å²) in [5, 5.41) is 6.35. The van der Waals surface area contributed by atoms with E-state index < -0.39 is 17.3 Å². The number of nitrogens with one attached hydrogen (secondary N) is 2. The Morgan fingerprint density at radius 2 is 1.73 bits per heavy atom. The molecule has 0 bridgehead atoms. The van der Waals surface area contributed by atoms with Gasteiger partial charge in [-0.15, -0.1) is 11.3 Å². The van der Waals surface area contributed by atoms with E-state index in [-0.39, 0.29) is 16.9 Å². The van der Waals surface area contributed by atoms with Gasteiger partial charge in [0.1, 0.15) is 10.8 Å². The molecule has 2 aromatic rings. The number of benzene rings is 1. The van der Waals surface area contributed by atoms with Gasteiger partial charge in [-0.05, 0) is 69.1 Å². The van der Waals surface area contributed by atoms with E-state index in [4.69, 9.17) is 0 Å². The lowest BCUT2D eigenvalue weighted by atomic mass is 9.72. The van der Waals surface area contributed by atoms with Crippen LogP contribution in [0.4, 0.5) is 9.39 Å². The molecular formula is C24H31FN2O2S. The van der Waals surface area contributed by atoms with Gasteiger partial charge in [0.2, 0.25) is 0 Å². The van der Waals surface area contributed by atoms with Crippen molar-refractivity contribution in [2.24, 2.45) is 11.3 Å². The molecule has 0 spiro atoms.